The number of fused-ring (bicyclic) bond motifs is 1. The lowest BCUT2D eigenvalue weighted by Gasteiger charge is -2.09. The van der Waals surface area contributed by atoms with Gasteiger partial charge < -0.3 is 10.3 Å². The number of halogens is 2. The fourth-order valence-corrected chi connectivity index (χ4v) is 2.41. The summed E-state index contributed by atoms with van der Waals surface area (Å²) < 4.78 is 26.6. The minimum atomic E-state index is -0.610. The van der Waals surface area contributed by atoms with Crippen molar-refractivity contribution in [1.82, 2.24) is 15.3 Å². The Hall–Kier alpha value is -1.49. The molecule has 2 aromatic rings. The Morgan fingerprint density at radius 2 is 2.12 bits per heavy atom. The molecule has 0 aliphatic carbocycles. The molecule has 90 valence electrons. The maximum absolute atomic E-state index is 13.5. The molecule has 2 N–H and O–H groups in total. The van der Waals surface area contributed by atoms with Gasteiger partial charge in [-0.15, -0.1) is 0 Å². The van der Waals surface area contributed by atoms with Crippen LogP contribution in [-0.2, 0) is 0 Å². The molecule has 0 bridgehead atoms. The van der Waals surface area contributed by atoms with Crippen molar-refractivity contribution >= 4 is 11.0 Å². The highest BCUT2D eigenvalue weighted by Gasteiger charge is 2.27. The van der Waals surface area contributed by atoms with Crippen molar-refractivity contribution < 1.29 is 8.78 Å². The van der Waals surface area contributed by atoms with E-state index in [0.29, 0.717) is 11.4 Å². The molecule has 1 saturated heterocycles. The summed E-state index contributed by atoms with van der Waals surface area (Å²) >= 11 is 0. The first-order chi connectivity index (χ1) is 8.15. The van der Waals surface area contributed by atoms with Gasteiger partial charge in [-0.3, -0.25) is 0 Å². The van der Waals surface area contributed by atoms with E-state index in [1.807, 2.05) is 0 Å². The van der Waals surface area contributed by atoms with Crippen LogP contribution in [0.15, 0.2) is 12.1 Å². The van der Waals surface area contributed by atoms with Crippen molar-refractivity contribution in [1.29, 1.82) is 0 Å². The van der Waals surface area contributed by atoms with Crippen LogP contribution in [0, 0.1) is 17.6 Å². The summed E-state index contributed by atoms with van der Waals surface area (Å²) in [4.78, 5) is 7.27. The molecule has 1 aliphatic heterocycles. The Morgan fingerprint density at radius 3 is 2.82 bits per heavy atom. The largest absolute Gasteiger partial charge is 0.342 e. The monoisotopic (exact) mass is 237 g/mol. The minimum absolute atomic E-state index is 0.223. The molecular weight excluding hydrogens is 224 g/mol. The number of nitrogens with one attached hydrogen (secondary N) is 2. The Bertz CT molecular complexity index is 564. The zero-order valence-corrected chi connectivity index (χ0v) is 9.43. The molecule has 5 heteroatoms. The smallest absolute Gasteiger partial charge is 0.153 e. The summed E-state index contributed by atoms with van der Waals surface area (Å²) in [5.74, 6) is 0.235. The van der Waals surface area contributed by atoms with Crippen LogP contribution in [0.1, 0.15) is 18.7 Å². The van der Waals surface area contributed by atoms with Gasteiger partial charge >= 0.3 is 0 Å². The quantitative estimate of drug-likeness (QED) is 0.798. The third-order valence-corrected chi connectivity index (χ3v) is 3.39. The van der Waals surface area contributed by atoms with Gasteiger partial charge in [-0.2, -0.15) is 0 Å². The van der Waals surface area contributed by atoms with Crippen molar-refractivity contribution in [2.75, 3.05) is 13.1 Å². The topological polar surface area (TPSA) is 40.7 Å². The highest BCUT2D eigenvalue weighted by Crippen LogP contribution is 2.28. The van der Waals surface area contributed by atoms with E-state index in [4.69, 9.17) is 0 Å². The molecule has 0 spiro atoms. The Balaban J connectivity index is 2.10. The first kappa shape index (κ1) is 10.7. The highest BCUT2D eigenvalue weighted by atomic mass is 19.1. The van der Waals surface area contributed by atoms with E-state index in [1.54, 1.807) is 0 Å². The number of hydrogen-bond acceptors (Lipinski definition) is 2. The van der Waals surface area contributed by atoms with Crippen LogP contribution in [0.3, 0.4) is 0 Å². The molecule has 2 heterocycles. The van der Waals surface area contributed by atoms with Gasteiger partial charge in [0.05, 0.1) is 5.52 Å². The molecular formula is C12H13F2N3. The van der Waals surface area contributed by atoms with E-state index in [9.17, 15) is 8.78 Å². The molecule has 1 aromatic carbocycles. The van der Waals surface area contributed by atoms with Crippen LogP contribution in [0.25, 0.3) is 11.0 Å². The van der Waals surface area contributed by atoms with Crippen LogP contribution < -0.4 is 5.32 Å². The van der Waals surface area contributed by atoms with E-state index < -0.39 is 11.6 Å². The van der Waals surface area contributed by atoms with Gasteiger partial charge in [-0.1, -0.05) is 6.92 Å². The molecule has 17 heavy (non-hydrogen) atoms. The predicted molar refractivity (Wildman–Crippen MR) is 60.8 cm³/mol. The SMILES string of the molecule is CC1CNCC1c1nc2c(F)cc(F)cc2[nH]1. The molecule has 0 saturated carbocycles. The van der Waals surface area contributed by atoms with Gasteiger partial charge in [0.2, 0.25) is 0 Å². The van der Waals surface area contributed by atoms with E-state index in [2.05, 4.69) is 22.2 Å². The Kier molecular flexibility index (Phi) is 2.36. The summed E-state index contributed by atoms with van der Waals surface area (Å²) in [5.41, 5.74) is 0.650. The van der Waals surface area contributed by atoms with E-state index >= 15 is 0 Å². The molecule has 1 fully saturated rings. The van der Waals surface area contributed by atoms with E-state index in [0.717, 1.165) is 25.0 Å². The zero-order valence-electron chi connectivity index (χ0n) is 9.43. The number of nitrogens with zero attached hydrogens (tertiary/aromatic N) is 1. The van der Waals surface area contributed by atoms with Crippen molar-refractivity contribution in [2.24, 2.45) is 5.92 Å². The fraction of sp³-hybridized carbons (Fsp3) is 0.417. The second-order valence-corrected chi connectivity index (χ2v) is 4.65. The summed E-state index contributed by atoms with van der Waals surface area (Å²) in [5, 5.41) is 3.26. The molecule has 2 unspecified atom stereocenters. The molecule has 3 rings (SSSR count). The van der Waals surface area contributed by atoms with Gasteiger partial charge in [0.15, 0.2) is 5.82 Å². The zero-order chi connectivity index (χ0) is 12.0. The molecule has 2 atom stereocenters. The average molecular weight is 237 g/mol. The minimum Gasteiger partial charge on any atom is -0.342 e. The number of imidazole rings is 1. The van der Waals surface area contributed by atoms with Crippen molar-refractivity contribution in [3.63, 3.8) is 0 Å². The first-order valence-electron chi connectivity index (χ1n) is 5.70. The number of H-pyrrole nitrogens is 1. The lowest BCUT2D eigenvalue weighted by Crippen LogP contribution is -2.09. The van der Waals surface area contributed by atoms with E-state index in [-0.39, 0.29) is 11.4 Å². The van der Waals surface area contributed by atoms with Gasteiger partial charge in [0.25, 0.3) is 0 Å². The lowest BCUT2D eigenvalue weighted by molar-refractivity contribution is 0.551. The van der Waals surface area contributed by atoms with Crippen molar-refractivity contribution in [2.45, 2.75) is 12.8 Å². The van der Waals surface area contributed by atoms with E-state index in [1.165, 1.54) is 6.07 Å². The molecule has 0 amide bonds. The Labute approximate surface area is 97.2 Å². The summed E-state index contributed by atoms with van der Waals surface area (Å²) in [6.07, 6.45) is 0. The standard InChI is InChI=1S/C12H13F2N3/c1-6-4-15-5-8(6)12-16-10-3-7(13)2-9(14)11(10)17-12/h2-3,6,8,15H,4-5H2,1H3,(H,16,17). The highest BCUT2D eigenvalue weighted by molar-refractivity contribution is 5.75. The summed E-state index contributed by atoms with van der Waals surface area (Å²) in [6.45, 7) is 3.87. The van der Waals surface area contributed by atoms with Crippen LogP contribution >= 0.6 is 0 Å². The molecule has 3 nitrogen and oxygen atoms in total. The summed E-state index contributed by atoms with van der Waals surface area (Å²) in [6, 6.07) is 2.14. The van der Waals surface area contributed by atoms with Crippen LogP contribution in [-0.4, -0.2) is 23.1 Å². The van der Waals surface area contributed by atoms with Crippen molar-refractivity contribution in [3.05, 3.63) is 29.6 Å². The van der Waals surface area contributed by atoms with Crippen LogP contribution in [0.5, 0.6) is 0 Å². The number of benzene rings is 1. The number of aromatic nitrogens is 2. The fourth-order valence-electron chi connectivity index (χ4n) is 2.41. The normalized spacial score (nSPS) is 24.6. The molecule has 1 aliphatic rings. The maximum Gasteiger partial charge on any atom is 0.153 e. The van der Waals surface area contributed by atoms with Crippen LogP contribution in [0.4, 0.5) is 8.78 Å². The number of hydrogen-bond donors (Lipinski definition) is 2. The third-order valence-electron chi connectivity index (χ3n) is 3.39. The van der Waals surface area contributed by atoms with Gasteiger partial charge in [-0.05, 0) is 18.5 Å². The predicted octanol–water partition coefficient (Wildman–Crippen LogP) is 2.16. The van der Waals surface area contributed by atoms with Gasteiger partial charge in [0.1, 0.15) is 17.2 Å². The molecule has 1 aromatic heterocycles. The average Bonchev–Trinajstić information content (AvgIpc) is 2.83. The van der Waals surface area contributed by atoms with Crippen molar-refractivity contribution in [3.8, 4) is 0 Å². The third kappa shape index (κ3) is 1.70. The first-order valence-corrected chi connectivity index (χ1v) is 5.70. The van der Waals surface area contributed by atoms with Gasteiger partial charge in [0, 0.05) is 18.5 Å². The number of rotatable bonds is 1. The second kappa shape index (κ2) is 3.77. The maximum atomic E-state index is 13.5. The Morgan fingerprint density at radius 1 is 1.29 bits per heavy atom. The van der Waals surface area contributed by atoms with Crippen LogP contribution in [0.2, 0.25) is 0 Å². The second-order valence-electron chi connectivity index (χ2n) is 4.65. The summed E-state index contributed by atoms with van der Waals surface area (Å²) in [7, 11) is 0. The van der Waals surface area contributed by atoms with Gasteiger partial charge in [-0.25, -0.2) is 13.8 Å². The molecule has 0 radical (unpaired) electrons. The lowest BCUT2D eigenvalue weighted by atomic mass is 9.98. The number of aromatic amines is 1.